The highest BCUT2D eigenvalue weighted by Crippen LogP contribution is 2.32. The van der Waals surface area contributed by atoms with Crippen LogP contribution in [0.4, 0.5) is 0 Å². The van der Waals surface area contributed by atoms with Crippen LogP contribution in [0.3, 0.4) is 0 Å². The van der Waals surface area contributed by atoms with Crippen LogP contribution in [-0.2, 0) is 9.53 Å². The summed E-state index contributed by atoms with van der Waals surface area (Å²) in [5.74, 6) is 0.862. The second kappa shape index (κ2) is 6.71. The Kier molecular flexibility index (Phi) is 5.22. The summed E-state index contributed by atoms with van der Waals surface area (Å²) in [4.78, 5) is 14.5. The van der Waals surface area contributed by atoms with Crippen LogP contribution in [0.15, 0.2) is 0 Å². The van der Waals surface area contributed by atoms with Gasteiger partial charge in [0.2, 0.25) is 5.91 Å². The van der Waals surface area contributed by atoms with Gasteiger partial charge in [0.25, 0.3) is 0 Å². The van der Waals surface area contributed by atoms with Crippen molar-refractivity contribution in [1.82, 2.24) is 10.2 Å². The van der Waals surface area contributed by atoms with Gasteiger partial charge in [0.15, 0.2) is 0 Å². The molecule has 0 aromatic heterocycles. The number of ether oxygens (including phenoxy) is 1. The van der Waals surface area contributed by atoms with Gasteiger partial charge in [-0.05, 0) is 26.3 Å². The fraction of sp³-hybridized carbons (Fsp3) is 0.933. The largest absolute Gasteiger partial charge is 0.384 e. The van der Waals surface area contributed by atoms with E-state index in [0.29, 0.717) is 18.2 Å². The highest BCUT2D eigenvalue weighted by atomic mass is 16.5. The fourth-order valence-corrected chi connectivity index (χ4v) is 3.58. The van der Waals surface area contributed by atoms with E-state index in [-0.39, 0.29) is 5.54 Å². The fourth-order valence-electron chi connectivity index (χ4n) is 3.58. The lowest BCUT2D eigenvalue weighted by atomic mass is 9.79. The monoisotopic (exact) mass is 268 g/mol. The van der Waals surface area contributed by atoms with E-state index in [1.807, 2.05) is 11.9 Å². The Labute approximate surface area is 116 Å². The van der Waals surface area contributed by atoms with E-state index in [4.69, 9.17) is 4.74 Å². The summed E-state index contributed by atoms with van der Waals surface area (Å²) in [6.07, 6.45) is 7.86. The Morgan fingerprint density at radius 1 is 1.37 bits per heavy atom. The molecule has 1 unspecified atom stereocenters. The first-order chi connectivity index (χ1) is 9.19. The Morgan fingerprint density at radius 3 is 2.74 bits per heavy atom. The lowest BCUT2D eigenvalue weighted by Crippen LogP contribution is -2.48. The van der Waals surface area contributed by atoms with Crippen LogP contribution in [-0.4, -0.2) is 50.2 Å². The average Bonchev–Trinajstić information content (AvgIpc) is 2.89. The molecule has 1 aliphatic heterocycles. The van der Waals surface area contributed by atoms with Gasteiger partial charge in [-0.1, -0.05) is 19.3 Å². The molecule has 0 spiro atoms. The molecule has 19 heavy (non-hydrogen) atoms. The van der Waals surface area contributed by atoms with Crippen molar-refractivity contribution in [2.75, 3.05) is 33.9 Å². The molecule has 1 saturated heterocycles. The summed E-state index contributed by atoms with van der Waals surface area (Å²) in [6.45, 7) is 2.57. The zero-order valence-corrected chi connectivity index (χ0v) is 12.4. The van der Waals surface area contributed by atoms with Gasteiger partial charge in [0, 0.05) is 38.1 Å². The first-order valence-corrected chi connectivity index (χ1v) is 7.65. The minimum atomic E-state index is 0.0642. The topological polar surface area (TPSA) is 41.6 Å². The van der Waals surface area contributed by atoms with Crippen LogP contribution in [0.25, 0.3) is 0 Å². The van der Waals surface area contributed by atoms with Crippen LogP contribution in [0.1, 0.15) is 44.9 Å². The zero-order valence-electron chi connectivity index (χ0n) is 12.4. The number of hydrogen-bond donors (Lipinski definition) is 1. The van der Waals surface area contributed by atoms with Crippen molar-refractivity contribution >= 4 is 5.91 Å². The third-order valence-corrected chi connectivity index (χ3v) is 4.87. The second-order valence-electron chi connectivity index (χ2n) is 6.22. The second-order valence-corrected chi connectivity index (χ2v) is 6.22. The van der Waals surface area contributed by atoms with E-state index in [2.05, 4.69) is 5.32 Å². The summed E-state index contributed by atoms with van der Waals surface area (Å²) in [5, 5.41) is 3.44. The molecule has 1 N–H and O–H groups in total. The van der Waals surface area contributed by atoms with Gasteiger partial charge in [-0.3, -0.25) is 4.79 Å². The molecule has 0 bridgehead atoms. The van der Waals surface area contributed by atoms with E-state index in [9.17, 15) is 4.79 Å². The highest BCUT2D eigenvalue weighted by molar-refractivity contribution is 5.77. The summed E-state index contributed by atoms with van der Waals surface area (Å²) < 4.78 is 5.19. The Balaban J connectivity index is 1.86. The van der Waals surface area contributed by atoms with Crippen LogP contribution in [0, 0.1) is 5.92 Å². The number of nitrogens with one attached hydrogen (secondary N) is 1. The predicted octanol–water partition coefficient (Wildman–Crippen LogP) is 1.79. The standard InChI is InChI=1S/C15H28N2O2/c1-16-15(7-4-3-5-8-15)10-14(18)17-9-6-13(11-17)12-19-2/h13,16H,3-12H2,1-2H3. The molecule has 110 valence electrons. The van der Waals surface area contributed by atoms with Gasteiger partial charge in [-0.15, -0.1) is 0 Å². The molecule has 1 amide bonds. The van der Waals surface area contributed by atoms with Gasteiger partial charge < -0.3 is 15.0 Å². The molecule has 4 nitrogen and oxygen atoms in total. The number of likely N-dealkylation sites (tertiary alicyclic amines) is 1. The maximum absolute atomic E-state index is 12.5. The maximum Gasteiger partial charge on any atom is 0.224 e. The van der Waals surface area contributed by atoms with Crippen LogP contribution in [0.5, 0.6) is 0 Å². The van der Waals surface area contributed by atoms with Crippen molar-refractivity contribution in [2.45, 2.75) is 50.5 Å². The first kappa shape index (κ1) is 14.8. The molecule has 4 heteroatoms. The molecular weight excluding hydrogens is 240 g/mol. The third kappa shape index (κ3) is 3.69. The van der Waals surface area contributed by atoms with Crippen molar-refractivity contribution in [2.24, 2.45) is 5.92 Å². The molecule has 0 aromatic rings. The van der Waals surface area contributed by atoms with Crippen molar-refractivity contribution < 1.29 is 9.53 Å². The smallest absolute Gasteiger partial charge is 0.224 e. The highest BCUT2D eigenvalue weighted by Gasteiger charge is 2.35. The van der Waals surface area contributed by atoms with Crippen LogP contribution < -0.4 is 5.32 Å². The number of hydrogen-bond acceptors (Lipinski definition) is 3. The zero-order chi connectivity index (χ0) is 13.7. The van der Waals surface area contributed by atoms with E-state index in [1.165, 1.54) is 19.3 Å². The van der Waals surface area contributed by atoms with Crippen molar-refractivity contribution in [1.29, 1.82) is 0 Å². The minimum absolute atomic E-state index is 0.0642. The van der Waals surface area contributed by atoms with E-state index < -0.39 is 0 Å². The molecule has 1 atom stereocenters. The average molecular weight is 268 g/mol. The maximum atomic E-state index is 12.5. The molecule has 2 fully saturated rings. The van der Waals surface area contributed by atoms with Gasteiger partial charge in [0.1, 0.15) is 0 Å². The van der Waals surface area contributed by atoms with Gasteiger partial charge >= 0.3 is 0 Å². The molecular formula is C15H28N2O2. The summed E-state index contributed by atoms with van der Waals surface area (Å²) in [6, 6.07) is 0. The Hall–Kier alpha value is -0.610. The number of rotatable bonds is 5. The summed E-state index contributed by atoms with van der Waals surface area (Å²) >= 11 is 0. The molecule has 2 aliphatic rings. The molecule has 1 heterocycles. The number of nitrogens with zero attached hydrogens (tertiary/aromatic N) is 1. The van der Waals surface area contributed by atoms with E-state index in [1.54, 1.807) is 7.11 Å². The molecule has 1 aliphatic carbocycles. The Bertz CT molecular complexity index is 301. The molecule has 1 saturated carbocycles. The van der Waals surface area contributed by atoms with Crippen molar-refractivity contribution in [3.05, 3.63) is 0 Å². The number of methoxy groups -OCH3 is 1. The van der Waals surface area contributed by atoms with Crippen LogP contribution in [0.2, 0.25) is 0 Å². The molecule has 0 aromatic carbocycles. The molecule has 0 radical (unpaired) electrons. The summed E-state index contributed by atoms with van der Waals surface area (Å²) in [7, 11) is 3.75. The van der Waals surface area contributed by atoms with Gasteiger partial charge in [-0.2, -0.15) is 0 Å². The lowest BCUT2D eigenvalue weighted by molar-refractivity contribution is -0.132. The minimum Gasteiger partial charge on any atom is -0.384 e. The van der Waals surface area contributed by atoms with E-state index >= 15 is 0 Å². The van der Waals surface area contributed by atoms with Gasteiger partial charge in [-0.25, -0.2) is 0 Å². The molecule has 2 rings (SSSR count). The third-order valence-electron chi connectivity index (χ3n) is 4.87. The normalized spacial score (nSPS) is 26.6. The van der Waals surface area contributed by atoms with Crippen molar-refractivity contribution in [3.8, 4) is 0 Å². The number of amides is 1. The lowest BCUT2D eigenvalue weighted by Gasteiger charge is -2.37. The Morgan fingerprint density at radius 2 is 2.11 bits per heavy atom. The van der Waals surface area contributed by atoms with Crippen LogP contribution >= 0.6 is 0 Å². The van der Waals surface area contributed by atoms with Gasteiger partial charge in [0.05, 0.1) is 6.61 Å². The number of carbonyl (C=O) groups is 1. The first-order valence-electron chi connectivity index (χ1n) is 7.65. The predicted molar refractivity (Wildman–Crippen MR) is 76.1 cm³/mol. The van der Waals surface area contributed by atoms with E-state index in [0.717, 1.165) is 39.0 Å². The quantitative estimate of drug-likeness (QED) is 0.826. The SMILES string of the molecule is CNC1(CC(=O)N2CCC(COC)C2)CCCCC1. The number of carbonyl (C=O) groups excluding carboxylic acids is 1. The van der Waals surface area contributed by atoms with Crippen molar-refractivity contribution in [3.63, 3.8) is 0 Å². The summed E-state index contributed by atoms with van der Waals surface area (Å²) in [5.41, 5.74) is 0.0642.